The fourth-order valence-electron chi connectivity index (χ4n) is 3.90. The molecule has 6 heteroatoms. The maximum Gasteiger partial charge on any atom is 0.258 e. The lowest BCUT2D eigenvalue weighted by molar-refractivity contribution is -0.110. The number of nitrogens with one attached hydrogen (secondary N) is 3. The number of anilines is 2. The maximum atomic E-state index is 13.1. The normalized spacial score (nSPS) is 13.9. The number of fused-ring (bicyclic) bond motifs is 1. The van der Waals surface area contributed by atoms with E-state index in [2.05, 4.69) is 35.0 Å². The fourth-order valence-corrected chi connectivity index (χ4v) is 3.90. The molecule has 1 aliphatic rings. The first-order chi connectivity index (χ1) is 16.1. The molecule has 0 spiro atoms. The maximum absolute atomic E-state index is 13.1. The molecular formula is C27H28N4O2. The van der Waals surface area contributed by atoms with Crippen LogP contribution in [0.3, 0.4) is 0 Å². The number of rotatable bonds is 9. The van der Waals surface area contributed by atoms with Crippen LogP contribution in [0.4, 0.5) is 11.4 Å². The topological polar surface area (TPSA) is 96.2 Å². The van der Waals surface area contributed by atoms with Gasteiger partial charge in [0.2, 0.25) is 5.91 Å². The summed E-state index contributed by atoms with van der Waals surface area (Å²) in [6, 6.07) is 23.0. The Balaban J connectivity index is 1.72. The van der Waals surface area contributed by atoms with Crippen molar-refractivity contribution >= 4 is 34.5 Å². The zero-order valence-electron chi connectivity index (χ0n) is 18.7. The molecule has 0 saturated carbocycles. The Morgan fingerprint density at radius 1 is 0.970 bits per heavy atom. The summed E-state index contributed by atoms with van der Waals surface area (Å²) in [5.74, 6) is -0.759. The molecule has 0 atom stereocenters. The number of carbonyl (C=O) groups excluding carboxylic acids is 2. The van der Waals surface area contributed by atoms with E-state index >= 15 is 0 Å². The first-order valence-corrected chi connectivity index (χ1v) is 11.2. The van der Waals surface area contributed by atoms with E-state index in [1.54, 1.807) is 18.2 Å². The van der Waals surface area contributed by atoms with Crippen LogP contribution in [-0.2, 0) is 11.3 Å². The molecule has 0 aromatic heterocycles. The average molecular weight is 441 g/mol. The smallest absolute Gasteiger partial charge is 0.258 e. The zero-order valence-corrected chi connectivity index (χ0v) is 18.7. The molecule has 2 amide bonds. The van der Waals surface area contributed by atoms with Crippen LogP contribution in [0.25, 0.3) is 11.3 Å². The Kier molecular flexibility index (Phi) is 6.86. The monoisotopic (exact) mass is 440 g/mol. The van der Waals surface area contributed by atoms with Gasteiger partial charge in [0.15, 0.2) is 0 Å². The Labute approximate surface area is 193 Å². The lowest BCUT2D eigenvalue weighted by Gasteiger charge is -2.16. The van der Waals surface area contributed by atoms with Gasteiger partial charge >= 0.3 is 0 Å². The second kappa shape index (κ2) is 10.1. The second-order valence-electron chi connectivity index (χ2n) is 8.05. The van der Waals surface area contributed by atoms with Gasteiger partial charge in [-0.25, -0.2) is 0 Å². The van der Waals surface area contributed by atoms with Crippen molar-refractivity contribution in [2.24, 2.45) is 5.73 Å². The molecule has 4 rings (SSSR count). The minimum Gasteiger partial charge on any atom is -0.366 e. The third-order valence-electron chi connectivity index (χ3n) is 5.59. The Hall–Kier alpha value is -3.90. The van der Waals surface area contributed by atoms with E-state index in [1.807, 2.05) is 42.5 Å². The van der Waals surface area contributed by atoms with Gasteiger partial charge in [-0.2, -0.15) is 0 Å². The lowest BCUT2D eigenvalue weighted by Crippen LogP contribution is -2.14. The molecule has 1 heterocycles. The van der Waals surface area contributed by atoms with Gasteiger partial charge in [0.1, 0.15) is 0 Å². The van der Waals surface area contributed by atoms with Gasteiger partial charge in [-0.3, -0.25) is 9.59 Å². The SMILES string of the molecule is CCCCNCc1cccc(N/C(=C2\C(=O)Nc3cc(C(N)=O)ccc32)c2ccccc2)c1. The van der Waals surface area contributed by atoms with Crippen LogP contribution in [-0.4, -0.2) is 18.4 Å². The molecule has 0 unspecified atom stereocenters. The van der Waals surface area contributed by atoms with E-state index in [9.17, 15) is 9.59 Å². The number of carbonyl (C=O) groups is 2. The van der Waals surface area contributed by atoms with Crippen molar-refractivity contribution in [3.8, 4) is 0 Å². The van der Waals surface area contributed by atoms with Gasteiger partial charge in [-0.05, 0) is 48.4 Å². The minimum atomic E-state index is -0.532. The van der Waals surface area contributed by atoms with Crippen molar-refractivity contribution in [2.45, 2.75) is 26.3 Å². The van der Waals surface area contributed by atoms with E-state index < -0.39 is 5.91 Å². The highest BCUT2D eigenvalue weighted by molar-refractivity contribution is 6.37. The largest absolute Gasteiger partial charge is 0.366 e. The fraction of sp³-hybridized carbons (Fsp3) is 0.185. The predicted molar refractivity (Wildman–Crippen MR) is 134 cm³/mol. The summed E-state index contributed by atoms with van der Waals surface area (Å²) in [6.07, 6.45) is 2.31. The predicted octanol–water partition coefficient (Wildman–Crippen LogP) is 4.61. The summed E-state index contributed by atoms with van der Waals surface area (Å²) in [5.41, 5.74) is 11.3. The zero-order chi connectivity index (χ0) is 23.2. The molecule has 0 fully saturated rings. The summed E-state index contributed by atoms with van der Waals surface area (Å²) in [4.78, 5) is 24.6. The third kappa shape index (κ3) is 5.13. The molecule has 5 N–H and O–H groups in total. The van der Waals surface area contributed by atoms with E-state index in [1.165, 1.54) is 0 Å². The van der Waals surface area contributed by atoms with E-state index in [-0.39, 0.29) is 5.91 Å². The second-order valence-corrected chi connectivity index (χ2v) is 8.05. The minimum absolute atomic E-state index is 0.227. The van der Waals surface area contributed by atoms with E-state index in [4.69, 9.17) is 5.73 Å². The summed E-state index contributed by atoms with van der Waals surface area (Å²) < 4.78 is 0. The van der Waals surface area contributed by atoms with Crippen molar-refractivity contribution < 1.29 is 9.59 Å². The number of unbranched alkanes of at least 4 members (excludes halogenated alkanes) is 1. The van der Waals surface area contributed by atoms with Gasteiger partial charge < -0.3 is 21.7 Å². The molecule has 1 aliphatic heterocycles. The molecule has 3 aromatic rings. The molecular weight excluding hydrogens is 412 g/mol. The van der Waals surface area contributed by atoms with Gasteiger partial charge in [0.05, 0.1) is 11.3 Å². The van der Waals surface area contributed by atoms with Crippen molar-refractivity contribution in [1.82, 2.24) is 5.32 Å². The number of hydrogen-bond acceptors (Lipinski definition) is 4. The molecule has 168 valence electrons. The van der Waals surface area contributed by atoms with Crippen molar-refractivity contribution in [2.75, 3.05) is 17.2 Å². The van der Waals surface area contributed by atoms with Gasteiger partial charge in [0, 0.05) is 29.0 Å². The number of amides is 2. The molecule has 3 aromatic carbocycles. The summed E-state index contributed by atoms with van der Waals surface area (Å²) in [5, 5.41) is 9.83. The number of nitrogens with two attached hydrogens (primary N) is 1. The van der Waals surface area contributed by atoms with Crippen molar-refractivity contribution in [3.63, 3.8) is 0 Å². The highest BCUT2D eigenvalue weighted by atomic mass is 16.2. The van der Waals surface area contributed by atoms with Crippen LogP contribution in [0.2, 0.25) is 0 Å². The summed E-state index contributed by atoms with van der Waals surface area (Å²) in [6.45, 7) is 3.94. The van der Waals surface area contributed by atoms with Gasteiger partial charge in [-0.1, -0.05) is 61.9 Å². The summed E-state index contributed by atoms with van der Waals surface area (Å²) in [7, 11) is 0. The first kappa shape index (κ1) is 22.3. The number of hydrogen-bond donors (Lipinski definition) is 4. The van der Waals surface area contributed by atoms with Crippen LogP contribution in [0.1, 0.15) is 46.8 Å². The number of primary amides is 1. The molecule has 0 bridgehead atoms. The van der Waals surface area contributed by atoms with E-state index in [0.717, 1.165) is 48.3 Å². The standard InChI is InChI=1S/C27H28N4O2/c1-2-3-14-29-17-18-8-7-11-21(15-18)30-25(19-9-5-4-6-10-19)24-22-13-12-20(26(28)32)16-23(22)31-27(24)33/h4-13,15-16,29-30H,2-3,14,17H2,1H3,(H2,28,32)(H,31,33)/b25-24-. The van der Waals surface area contributed by atoms with Crippen molar-refractivity contribution in [3.05, 3.63) is 95.1 Å². The van der Waals surface area contributed by atoms with E-state index in [0.29, 0.717) is 22.5 Å². The van der Waals surface area contributed by atoms with Crippen LogP contribution in [0, 0.1) is 0 Å². The third-order valence-corrected chi connectivity index (χ3v) is 5.59. The average Bonchev–Trinajstić information content (AvgIpc) is 3.16. The number of benzene rings is 3. The Bertz CT molecular complexity index is 1200. The summed E-state index contributed by atoms with van der Waals surface area (Å²) >= 11 is 0. The van der Waals surface area contributed by atoms with Gasteiger partial charge in [-0.15, -0.1) is 0 Å². The van der Waals surface area contributed by atoms with Crippen LogP contribution in [0.5, 0.6) is 0 Å². The molecule has 0 saturated heterocycles. The van der Waals surface area contributed by atoms with Gasteiger partial charge in [0.25, 0.3) is 5.91 Å². The molecule has 33 heavy (non-hydrogen) atoms. The Morgan fingerprint density at radius 2 is 1.79 bits per heavy atom. The quantitative estimate of drug-likeness (QED) is 0.289. The lowest BCUT2D eigenvalue weighted by atomic mass is 9.99. The van der Waals surface area contributed by atoms with Crippen molar-refractivity contribution in [1.29, 1.82) is 0 Å². The van der Waals surface area contributed by atoms with Crippen LogP contribution < -0.4 is 21.7 Å². The molecule has 0 aliphatic carbocycles. The highest BCUT2D eigenvalue weighted by Crippen LogP contribution is 2.38. The molecule has 6 nitrogen and oxygen atoms in total. The highest BCUT2D eigenvalue weighted by Gasteiger charge is 2.29. The Morgan fingerprint density at radius 3 is 2.55 bits per heavy atom. The molecule has 0 radical (unpaired) electrons. The van der Waals surface area contributed by atoms with Crippen LogP contribution >= 0.6 is 0 Å². The first-order valence-electron chi connectivity index (χ1n) is 11.2. The van der Waals surface area contributed by atoms with Crippen LogP contribution in [0.15, 0.2) is 72.8 Å².